The summed E-state index contributed by atoms with van der Waals surface area (Å²) < 4.78 is -0.506. The van der Waals surface area contributed by atoms with Crippen molar-refractivity contribution in [3.05, 3.63) is 71.3 Å². The number of carbonyl (C=O) groups excluding carboxylic acids is 3. The number of fused-ring (bicyclic) bond motifs is 3. The lowest BCUT2D eigenvalue weighted by Crippen LogP contribution is -2.54. The third kappa shape index (κ3) is 3.83. The SMILES string of the molecule is CC(C)NC(=O)[C@H](NC(=O)[C@@H]1N2C(=O)c3ccccc3[C@@H]2SC1(C)C)c1ccccc1. The van der Waals surface area contributed by atoms with Crippen LogP contribution in [0.25, 0.3) is 0 Å². The number of benzene rings is 2. The van der Waals surface area contributed by atoms with Gasteiger partial charge in [0, 0.05) is 16.4 Å². The Labute approximate surface area is 186 Å². The first kappa shape index (κ1) is 21.4. The molecule has 0 unspecified atom stereocenters. The van der Waals surface area contributed by atoms with Crippen molar-refractivity contribution in [3.8, 4) is 0 Å². The van der Waals surface area contributed by atoms with Gasteiger partial charge < -0.3 is 15.5 Å². The number of thioether (sulfide) groups is 1. The van der Waals surface area contributed by atoms with Crippen LogP contribution in [0.15, 0.2) is 54.6 Å². The van der Waals surface area contributed by atoms with E-state index in [1.54, 1.807) is 22.7 Å². The number of nitrogens with one attached hydrogen (secondary N) is 2. The average molecular weight is 438 g/mol. The Morgan fingerprint density at radius 3 is 2.32 bits per heavy atom. The monoisotopic (exact) mass is 437 g/mol. The maximum absolute atomic E-state index is 13.6. The zero-order valence-electron chi connectivity index (χ0n) is 18.1. The highest BCUT2D eigenvalue weighted by Gasteiger charge is 2.57. The average Bonchev–Trinajstić information content (AvgIpc) is 3.15. The highest BCUT2D eigenvalue weighted by Crippen LogP contribution is 2.56. The first-order valence-electron chi connectivity index (χ1n) is 10.5. The van der Waals surface area contributed by atoms with E-state index >= 15 is 0 Å². The molecule has 1 fully saturated rings. The molecule has 2 aliphatic rings. The fourth-order valence-electron chi connectivity index (χ4n) is 4.34. The van der Waals surface area contributed by atoms with E-state index in [9.17, 15) is 14.4 Å². The van der Waals surface area contributed by atoms with Gasteiger partial charge in [0.1, 0.15) is 17.5 Å². The number of nitrogens with zero attached hydrogens (tertiary/aromatic N) is 1. The van der Waals surface area contributed by atoms with Crippen LogP contribution >= 0.6 is 11.8 Å². The number of rotatable bonds is 5. The lowest BCUT2D eigenvalue weighted by molar-refractivity contribution is -0.132. The van der Waals surface area contributed by atoms with Crippen LogP contribution in [0.1, 0.15) is 60.6 Å². The number of hydrogen-bond acceptors (Lipinski definition) is 4. The second kappa shape index (κ2) is 8.04. The molecule has 31 heavy (non-hydrogen) atoms. The van der Waals surface area contributed by atoms with Crippen LogP contribution in [0.5, 0.6) is 0 Å². The van der Waals surface area contributed by atoms with Crippen LogP contribution in [-0.4, -0.2) is 39.5 Å². The molecule has 2 aromatic carbocycles. The molecule has 1 saturated heterocycles. The molecule has 0 aromatic heterocycles. The molecule has 0 radical (unpaired) electrons. The molecule has 2 heterocycles. The molecule has 4 rings (SSSR count). The fourth-order valence-corrected chi connectivity index (χ4v) is 5.93. The van der Waals surface area contributed by atoms with Gasteiger partial charge in [-0.05, 0) is 44.9 Å². The zero-order chi connectivity index (χ0) is 22.3. The van der Waals surface area contributed by atoms with Crippen molar-refractivity contribution in [1.29, 1.82) is 0 Å². The molecular formula is C24H27N3O3S. The van der Waals surface area contributed by atoms with Crippen molar-refractivity contribution >= 4 is 29.5 Å². The van der Waals surface area contributed by atoms with Crippen LogP contribution in [-0.2, 0) is 9.59 Å². The predicted octanol–water partition coefficient (Wildman–Crippen LogP) is 3.42. The second-order valence-corrected chi connectivity index (χ2v) is 10.5. The Hall–Kier alpha value is -2.80. The normalized spacial score (nSPS) is 22.1. The van der Waals surface area contributed by atoms with Gasteiger partial charge in [0.05, 0.1) is 0 Å². The molecule has 7 heteroatoms. The zero-order valence-corrected chi connectivity index (χ0v) is 18.9. The van der Waals surface area contributed by atoms with Crippen molar-refractivity contribution < 1.29 is 14.4 Å². The standard InChI is InChI=1S/C24H27N3O3S/c1-14(2)25-20(28)18(15-10-6-5-7-11-15)26-21(29)19-24(3,4)31-23-17-13-9-8-12-16(17)22(30)27(19)23/h5-14,18-19,23H,1-4H3,(H,25,28)(H,26,29)/t18-,19+,23+/m1/s1. The Morgan fingerprint density at radius 1 is 1.00 bits per heavy atom. The van der Waals surface area contributed by atoms with Gasteiger partial charge in [-0.3, -0.25) is 14.4 Å². The number of hydrogen-bond donors (Lipinski definition) is 2. The van der Waals surface area contributed by atoms with Gasteiger partial charge >= 0.3 is 0 Å². The topological polar surface area (TPSA) is 78.5 Å². The van der Waals surface area contributed by atoms with Gasteiger partial charge in [0.2, 0.25) is 11.8 Å². The summed E-state index contributed by atoms with van der Waals surface area (Å²) in [6, 6.07) is 15.1. The largest absolute Gasteiger partial charge is 0.352 e. The van der Waals surface area contributed by atoms with Crippen molar-refractivity contribution in [2.24, 2.45) is 0 Å². The Bertz CT molecular complexity index is 1020. The van der Waals surface area contributed by atoms with Crippen LogP contribution < -0.4 is 10.6 Å². The first-order chi connectivity index (χ1) is 14.7. The summed E-state index contributed by atoms with van der Waals surface area (Å²) in [6.07, 6.45) is 0. The minimum absolute atomic E-state index is 0.0619. The molecule has 0 aliphatic carbocycles. The molecule has 3 atom stereocenters. The molecule has 0 bridgehead atoms. The van der Waals surface area contributed by atoms with E-state index in [0.29, 0.717) is 11.1 Å². The van der Waals surface area contributed by atoms with E-state index in [4.69, 9.17) is 0 Å². The van der Waals surface area contributed by atoms with Crippen molar-refractivity contribution in [1.82, 2.24) is 15.5 Å². The number of amides is 3. The van der Waals surface area contributed by atoms with Crippen LogP contribution in [0, 0.1) is 0 Å². The van der Waals surface area contributed by atoms with Crippen LogP contribution in [0.2, 0.25) is 0 Å². The minimum atomic E-state index is -0.837. The van der Waals surface area contributed by atoms with E-state index in [1.807, 2.05) is 76.2 Å². The Morgan fingerprint density at radius 2 is 1.65 bits per heavy atom. The maximum Gasteiger partial charge on any atom is 0.256 e. The molecule has 3 amide bonds. The maximum atomic E-state index is 13.6. The van der Waals surface area contributed by atoms with Gasteiger partial charge in [-0.15, -0.1) is 11.8 Å². The number of carbonyl (C=O) groups is 3. The molecule has 2 aliphatic heterocycles. The molecule has 0 saturated carbocycles. The summed E-state index contributed by atoms with van der Waals surface area (Å²) in [7, 11) is 0. The molecule has 0 spiro atoms. The van der Waals surface area contributed by atoms with Crippen LogP contribution in [0.3, 0.4) is 0 Å². The van der Waals surface area contributed by atoms with Crippen molar-refractivity contribution in [2.45, 2.75) is 55.9 Å². The summed E-state index contributed by atoms with van der Waals surface area (Å²) in [5, 5.41) is 5.63. The summed E-state index contributed by atoms with van der Waals surface area (Å²) in [5.74, 6) is -0.735. The van der Waals surface area contributed by atoms with Gasteiger partial charge in [0.15, 0.2) is 0 Å². The van der Waals surface area contributed by atoms with Crippen LogP contribution in [0.4, 0.5) is 0 Å². The van der Waals surface area contributed by atoms with E-state index in [-0.39, 0.29) is 29.1 Å². The van der Waals surface area contributed by atoms with Gasteiger partial charge in [-0.1, -0.05) is 48.5 Å². The lowest BCUT2D eigenvalue weighted by atomic mass is 9.99. The minimum Gasteiger partial charge on any atom is -0.352 e. The molecule has 2 N–H and O–H groups in total. The predicted molar refractivity (Wildman–Crippen MR) is 121 cm³/mol. The second-order valence-electron chi connectivity index (χ2n) is 8.79. The first-order valence-corrected chi connectivity index (χ1v) is 11.3. The summed E-state index contributed by atoms with van der Waals surface area (Å²) in [5.41, 5.74) is 2.29. The quantitative estimate of drug-likeness (QED) is 0.751. The third-order valence-electron chi connectivity index (χ3n) is 5.66. The molecular weight excluding hydrogens is 410 g/mol. The highest BCUT2D eigenvalue weighted by molar-refractivity contribution is 8.01. The van der Waals surface area contributed by atoms with E-state index in [2.05, 4.69) is 10.6 Å². The van der Waals surface area contributed by atoms with E-state index in [1.165, 1.54) is 0 Å². The summed E-state index contributed by atoms with van der Waals surface area (Å²) in [4.78, 5) is 41.3. The van der Waals surface area contributed by atoms with Gasteiger partial charge in [-0.2, -0.15) is 0 Å². The Kier molecular flexibility index (Phi) is 5.56. The van der Waals surface area contributed by atoms with E-state index in [0.717, 1.165) is 5.56 Å². The van der Waals surface area contributed by atoms with Gasteiger partial charge in [0.25, 0.3) is 5.91 Å². The summed E-state index contributed by atoms with van der Waals surface area (Å²) >= 11 is 1.61. The molecule has 2 aromatic rings. The smallest absolute Gasteiger partial charge is 0.256 e. The lowest BCUT2D eigenvalue weighted by Gasteiger charge is -2.31. The highest BCUT2D eigenvalue weighted by atomic mass is 32.2. The Balaban J connectivity index is 1.64. The molecule has 6 nitrogen and oxygen atoms in total. The van der Waals surface area contributed by atoms with Gasteiger partial charge in [-0.25, -0.2) is 0 Å². The third-order valence-corrected chi connectivity index (χ3v) is 7.19. The fraction of sp³-hybridized carbons (Fsp3) is 0.375. The van der Waals surface area contributed by atoms with Crippen molar-refractivity contribution in [3.63, 3.8) is 0 Å². The van der Waals surface area contributed by atoms with Crippen molar-refractivity contribution in [2.75, 3.05) is 0 Å². The van der Waals surface area contributed by atoms with E-state index < -0.39 is 16.8 Å². The molecule has 162 valence electrons. The summed E-state index contributed by atoms with van der Waals surface area (Å²) in [6.45, 7) is 7.70.